The third kappa shape index (κ3) is 57.8. The fourth-order valence-corrected chi connectivity index (χ4v) is 11.2. The zero-order valence-electron chi connectivity index (χ0n) is 54.4. The van der Waals surface area contributed by atoms with Crippen molar-refractivity contribution < 1.29 is 80.2 Å². The number of ether oxygens (including phenoxy) is 4. The van der Waals surface area contributed by atoms with Gasteiger partial charge in [-0.2, -0.15) is 0 Å². The summed E-state index contributed by atoms with van der Waals surface area (Å²) in [5.74, 6) is 0.0595. The number of aliphatic hydroxyl groups excluding tert-OH is 1. The first-order valence-corrected chi connectivity index (χ1v) is 36.9. The highest BCUT2D eigenvalue weighted by Crippen LogP contribution is 2.45. The predicted octanol–water partition coefficient (Wildman–Crippen LogP) is 17.9. The number of unbranched alkanes of at least 4 members (excludes halogenated alkanes) is 30. The van der Waals surface area contributed by atoms with E-state index in [4.69, 9.17) is 37.0 Å². The molecule has 3 unspecified atom stereocenters. The van der Waals surface area contributed by atoms with Gasteiger partial charge in [0, 0.05) is 25.7 Å². The third-order valence-electron chi connectivity index (χ3n) is 15.2. The Morgan fingerprint density at radius 1 is 0.345 bits per heavy atom. The summed E-state index contributed by atoms with van der Waals surface area (Å²) in [5, 5.41) is 10.5. The number of hydrogen-bond donors (Lipinski definition) is 3. The molecule has 0 rings (SSSR count). The van der Waals surface area contributed by atoms with E-state index in [0.29, 0.717) is 31.6 Å². The molecule has 84 heavy (non-hydrogen) atoms. The topological polar surface area (TPSA) is 237 Å². The van der Waals surface area contributed by atoms with E-state index in [1.165, 1.54) is 109 Å². The maximum Gasteiger partial charge on any atom is 0.472 e. The van der Waals surface area contributed by atoms with Crippen LogP contribution in [0.3, 0.4) is 0 Å². The highest BCUT2D eigenvalue weighted by Gasteiger charge is 2.30. The van der Waals surface area contributed by atoms with Crippen LogP contribution in [0.25, 0.3) is 0 Å². The highest BCUT2D eigenvalue weighted by atomic mass is 31.2. The highest BCUT2D eigenvalue weighted by molar-refractivity contribution is 7.47. The van der Waals surface area contributed by atoms with Gasteiger partial charge in [0.1, 0.15) is 19.3 Å². The van der Waals surface area contributed by atoms with E-state index < -0.39 is 97.5 Å². The fraction of sp³-hybridized carbons (Fsp3) is 0.938. The largest absolute Gasteiger partial charge is 0.472 e. The van der Waals surface area contributed by atoms with Crippen LogP contribution in [0, 0.1) is 17.8 Å². The lowest BCUT2D eigenvalue weighted by Crippen LogP contribution is -2.30. The van der Waals surface area contributed by atoms with Crippen LogP contribution in [0.15, 0.2) is 0 Å². The van der Waals surface area contributed by atoms with Crippen molar-refractivity contribution in [3.8, 4) is 0 Å². The van der Waals surface area contributed by atoms with Crippen molar-refractivity contribution in [2.75, 3.05) is 39.6 Å². The fourth-order valence-electron chi connectivity index (χ4n) is 9.62. The van der Waals surface area contributed by atoms with Crippen LogP contribution in [-0.2, 0) is 65.4 Å². The van der Waals surface area contributed by atoms with E-state index in [0.717, 1.165) is 121 Å². The average molecular weight is 1240 g/mol. The van der Waals surface area contributed by atoms with Crippen LogP contribution in [-0.4, -0.2) is 96.7 Å². The molecule has 3 N–H and O–H groups in total. The molecular weight excluding hydrogens is 1110 g/mol. The lowest BCUT2D eigenvalue weighted by atomic mass is 10.00. The summed E-state index contributed by atoms with van der Waals surface area (Å²) in [6.45, 7) is 11.7. The summed E-state index contributed by atoms with van der Waals surface area (Å²) in [4.78, 5) is 72.1. The van der Waals surface area contributed by atoms with E-state index in [1.807, 2.05) is 0 Å². The molecule has 0 aromatic carbocycles. The van der Waals surface area contributed by atoms with Gasteiger partial charge in [-0.25, -0.2) is 9.13 Å². The number of carbonyl (C=O) groups is 4. The normalized spacial score (nSPS) is 14.7. The Morgan fingerprint density at radius 3 is 0.905 bits per heavy atom. The molecule has 0 aromatic heterocycles. The minimum absolute atomic E-state index is 0.101. The van der Waals surface area contributed by atoms with Crippen molar-refractivity contribution in [2.24, 2.45) is 17.8 Å². The molecule has 6 atom stereocenters. The molecule has 0 bridgehead atoms. The Hall–Kier alpha value is -1.94. The second-order valence-corrected chi connectivity index (χ2v) is 27.6. The van der Waals surface area contributed by atoms with Crippen molar-refractivity contribution in [3.05, 3.63) is 0 Å². The van der Waals surface area contributed by atoms with Crippen molar-refractivity contribution in [3.63, 3.8) is 0 Å². The molecule has 0 aliphatic rings. The van der Waals surface area contributed by atoms with Crippen LogP contribution >= 0.6 is 15.6 Å². The molecule has 17 nitrogen and oxygen atoms in total. The predicted molar refractivity (Wildman–Crippen MR) is 335 cm³/mol. The molecular formula is C65H126O17P2. The van der Waals surface area contributed by atoms with Crippen LogP contribution < -0.4 is 0 Å². The zero-order chi connectivity index (χ0) is 62.4. The summed E-state index contributed by atoms with van der Waals surface area (Å²) in [7, 11) is -9.88. The summed E-state index contributed by atoms with van der Waals surface area (Å²) in [6.07, 6.45) is 38.0. The maximum atomic E-state index is 13.0. The number of phosphoric acid groups is 2. The molecule has 0 amide bonds. The Morgan fingerprint density at radius 2 is 0.607 bits per heavy atom. The monoisotopic (exact) mass is 1240 g/mol. The minimum atomic E-state index is -4.95. The zero-order valence-corrected chi connectivity index (χ0v) is 56.1. The van der Waals surface area contributed by atoms with Crippen molar-refractivity contribution in [1.29, 1.82) is 0 Å². The van der Waals surface area contributed by atoms with Crippen LogP contribution in [0.1, 0.15) is 318 Å². The van der Waals surface area contributed by atoms with Gasteiger partial charge in [0.2, 0.25) is 0 Å². The Labute approximate surface area is 511 Å². The third-order valence-corrected chi connectivity index (χ3v) is 17.1. The van der Waals surface area contributed by atoms with Crippen molar-refractivity contribution >= 4 is 39.5 Å². The lowest BCUT2D eigenvalue weighted by molar-refractivity contribution is -0.161. The number of carbonyl (C=O) groups excluding carboxylic acids is 4. The second kappa shape index (κ2) is 56.3. The molecule has 0 saturated heterocycles. The summed E-state index contributed by atoms with van der Waals surface area (Å²) >= 11 is 0. The van der Waals surface area contributed by atoms with E-state index in [2.05, 4.69) is 48.5 Å². The van der Waals surface area contributed by atoms with Gasteiger partial charge in [0.25, 0.3) is 0 Å². The quantitative estimate of drug-likeness (QED) is 0.0222. The maximum absolute atomic E-state index is 13.0. The standard InChI is InChI=1S/C65H126O17P2/c1-8-10-11-12-22-32-39-46-62(67)75-52-61(82-65(70)49-42-35-27-25-30-37-44-57(5)6)55-80-84(73,74)78-51-59(66)50-77-83(71,72)79-54-60(53-76-63(68)47-40-33-28-26-31-38-45-58(7)9-2)81-64(69)48-41-34-24-21-19-17-15-13-14-16-18-20-23-29-36-43-56(3)4/h56-61,66H,8-55H2,1-7H3,(H,71,72)(H,73,74)/t58?,59-,60-,61-/m1/s1. The molecule has 0 aromatic rings. The van der Waals surface area contributed by atoms with E-state index in [9.17, 15) is 43.2 Å². The van der Waals surface area contributed by atoms with Crippen molar-refractivity contribution in [2.45, 2.75) is 336 Å². The van der Waals surface area contributed by atoms with Gasteiger partial charge in [0.15, 0.2) is 12.2 Å². The van der Waals surface area contributed by atoms with Gasteiger partial charge in [-0.05, 0) is 43.4 Å². The molecule has 0 radical (unpaired) electrons. The average Bonchev–Trinajstić information content (AvgIpc) is 3.45. The minimum Gasteiger partial charge on any atom is -0.462 e. The van der Waals surface area contributed by atoms with Crippen LogP contribution in [0.5, 0.6) is 0 Å². The van der Waals surface area contributed by atoms with Gasteiger partial charge >= 0.3 is 39.5 Å². The molecule has 19 heteroatoms. The first-order chi connectivity index (χ1) is 40.3. The molecule has 0 saturated carbocycles. The van der Waals surface area contributed by atoms with Gasteiger partial charge in [-0.1, -0.05) is 267 Å². The van der Waals surface area contributed by atoms with Crippen LogP contribution in [0.4, 0.5) is 0 Å². The molecule has 0 heterocycles. The Bertz CT molecular complexity index is 1670. The number of aliphatic hydroxyl groups is 1. The Kier molecular flexibility index (Phi) is 55.0. The summed E-state index contributed by atoms with van der Waals surface area (Å²) < 4.78 is 67.9. The number of phosphoric ester groups is 2. The van der Waals surface area contributed by atoms with E-state index in [1.54, 1.807) is 0 Å². The van der Waals surface area contributed by atoms with E-state index >= 15 is 0 Å². The molecule has 0 aliphatic heterocycles. The molecule has 0 fully saturated rings. The Balaban J connectivity index is 5.17. The molecule has 498 valence electrons. The van der Waals surface area contributed by atoms with Gasteiger partial charge < -0.3 is 33.8 Å². The molecule has 0 aliphatic carbocycles. The summed E-state index contributed by atoms with van der Waals surface area (Å²) in [5.41, 5.74) is 0. The number of esters is 4. The van der Waals surface area contributed by atoms with E-state index in [-0.39, 0.29) is 25.7 Å². The van der Waals surface area contributed by atoms with Crippen molar-refractivity contribution in [1.82, 2.24) is 0 Å². The molecule has 0 spiro atoms. The van der Waals surface area contributed by atoms with Crippen LogP contribution in [0.2, 0.25) is 0 Å². The lowest BCUT2D eigenvalue weighted by Gasteiger charge is -2.21. The summed E-state index contributed by atoms with van der Waals surface area (Å²) in [6, 6.07) is 0. The van der Waals surface area contributed by atoms with Gasteiger partial charge in [-0.3, -0.25) is 37.3 Å². The number of rotatable bonds is 63. The first-order valence-electron chi connectivity index (χ1n) is 33.9. The SMILES string of the molecule is CCCCCCCCCC(=O)OC[C@H](COP(=O)(O)OC[C@H](O)COP(=O)(O)OC[C@@H](COC(=O)CCCCCCCCC(C)CC)OC(=O)CCCCCCCCCCCCCCCCCC(C)C)OC(=O)CCCCCCCCC(C)C. The van der Waals surface area contributed by atoms with Gasteiger partial charge in [0.05, 0.1) is 26.4 Å². The number of hydrogen-bond acceptors (Lipinski definition) is 15. The van der Waals surface area contributed by atoms with Gasteiger partial charge in [-0.15, -0.1) is 0 Å². The first kappa shape index (κ1) is 82.1. The smallest absolute Gasteiger partial charge is 0.462 e. The second-order valence-electron chi connectivity index (χ2n) is 24.7.